The van der Waals surface area contributed by atoms with Crippen molar-refractivity contribution in [2.24, 2.45) is 0 Å². The van der Waals surface area contributed by atoms with Gasteiger partial charge in [0, 0.05) is 37.0 Å². The third-order valence-electron chi connectivity index (χ3n) is 3.13. The zero-order chi connectivity index (χ0) is 13.9. The summed E-state index contributed by atoms with van der Waals surface area (Å²) in [5.74, 6) is 0.783. The van der Waals surface area contributed by atoms with Crippen molar-refractivity contribution in [2.45, 2.75) is 19.5 Å². The first kappa shape index (κ1) is 13.2. The van der Waals surface area contributed by atoms with Crippen molar-refractivity contribution in [3.63, 3.8) is 0 Å². The Morgan fingerprint density at radius 1 is 1.25 bits per heavy atom. The number of aromatic nitrogens is 4. The van der Waals surface area contributed by atoms with E-state index in [1.54, 1.807) is 18.6 Å². The van der Waals surface area contributed by atoms with Gasteiger partial charge in [-0.3, -0.25) is 0 Å². The molecule has 3 aromatic heterocycles. The van der Waals surface area contributed by atoms with Gasteiger partial charge >= 0.3 is 0 Å². The molecule has 3 rings (SSSR count). The molecule has 0 aliphatic rings. The SMILES string of the molecule is CC(NCc1cccc2nccn12)c1ncc(Br)cn1. The van der Waals surface area contributed by atoms with E-state index < -0.39 is 0 Å². The van der Waals surface area contributed by atoms with Gasteiger partial charge in [-0.2, -0.15) is 0 Å². The molecule has 0 spiro atoms. The summed E-state index contributed by atoms with van der Waals surface area (Å²) in [6, 6.07) is 6.17. The van der Waals surface area contributed by atoms with Crippen LogP contribution in [0.2, 0.25) is 0 Å². The number of hydrogen-bond acceptors (Lipinski definition) is 4. The highest BCUT2D eigenvalue weighted by Crippen LogP contribution is 2.12. The van der Waals surface area contributed by atoms with Crippen LogP contribution in [0, 0.1) is 0 Å². The highest BCUT2D eigenvalue weighted by Gasteiger charge is 2.09. The molecule has 3 aromatic rings. The van der Waals surface area contributed by atoms with Gasteiger partial charge in [0.2, 0.25) is 0 Å². The number of imidazole rings is 1. The highest BCUT2D eigenvalue weighted by atomic mass is 79.9. The average Bonchev–Trinajstić information content (AvgIpc) is 2.94. The zero-order valence-corrected chi connectivity index (χ0v) is 12.6. The summed E-state index contributed by atoms with van der Waals surface area (Å²) < 4.78 is 2.96. The zero-order valence-electron chi connectivity index (χ0n) is 11.0. The Morgan fingerprint density at radius 2 is 2.05 bits per heavy atom. The molecule has 0 aromatic carbocycles. The van der Waals surface area contributed by atoms with E-state index in [1.165, 1.54) is 0 Å². The van der Waals surface area contributed by atoms with Crippen LogP contribution in [-0.2, 0) is 6.54 Å². The largest absolute Gasteiger partial charge is 0.303 e. The third kappa shape index (κ3) is 2.71. The van der Waals surface area contributed by atoms with Crippen molar-refractivity contribution >= 4 is 21.6 Å². The molecule has 0 aliphatic carbocycles. The van der Waals surface area contributed by atoms with Crippen molar-refractivity contribution in [3.8, 4) is 0 Å². The highest BCUT2D eigenvalue weighted by molar-refractivity contribution is 9.10. The Hall–Kier alpha value is -1.79. The van der Waals surface area contributed by atoms with Crippen molar-refractivity contribution in [1.82, 2.24) is 24.7 Å². The van der Waals surface area contributed by atoms with Crippen LogP contribution in [0.25, 0.3) is 5.65 Å². The van der Waals surface area contributed by atoms with Crippen molar-refractivity contribution in [2.75, 3.05) is 0 Å². The Balaban J connectivity index is 1.73. The fourth-order valence-electron chi connectivity index (χ4n) is 2.05. The number of hydrogen-bond donors (Lipinski definition) is 1. The summed E-state index contributed by atoms with van der Waals surface area (Å²) >= 11 is 3.34. The predicted octanol–water partition coefficient (Wildman–Crippen LogP) is 2.74. The first-order valence-corrected chi connectivity index (χ1v) is 7.15. The Kier molecular flexibility index (Phi) is 3.75. The fraction of sp³-hybridized carbons (Fsp3) is 0.214. The number of pyridine rings is 1. The number of halogens is 1. The molecule has 0 saturated carbocycles. The van der Waals surface area contributed by atoms with Gasteiger partial charge in [-0.15, -0.1) is 0 Å². The molecule has 1 N–H and O–H groups in total. The molecule has 0 amide bonds. The predicted molar refractivity (Wildman–Crippen MR) is 80.2 cm³/mol. The van der Waals surface area contributed by atoms with E-state index in [1.807, 2.05) is 18.3 Å². The number of rotatable bonds is 4. The maximum Gasteiger partial charge on any atom is 0.144 e. The monoisotopic (exact) mass is 331 g/mol. The van der Waals surface area contributed by atoms with Gasteiger partial charge in [-0.05, 0) is 35.0 Å². The molecular weight excluding hydrogens is 318 g/mol. The maximum atomic E-state index is 4.30. The normalized spacial score (nSPS) is 12.7. The van der Waals surface area contributed by atoms with E-state index >= 15 is 0 Å². The van der Waals surface area contributed by atoms with E-state index in [4.69, 9.17) is 0 Å². The second-order valence-electron chi connectivity index (χ2n) is 4.53. The van der Waals surface area contributed by atoms with Gasteiger partial charge in [0.15, 0.2) is 0 Å². The fourth-order valence-corrected chi connectivity index (χ4v) is 2.25. The van der Waals surface area contributed by atoms with Gasteiger partial charge in [0.25, 0.3) is 0 Å². The topological polar surface area (TPSA) is 55.1 Å². The summed E-state index contributed by atoms with van der Waals surface area (Å²) in [6.45, 7) is 2.78. The van der Waals surface area contributed by atoms with Gasteiger partial charge in [-0.1, -0.05) is 6.07 Å². The van der Waals surface area contributed by atoms with Crippen LogP contribution in [0.5, 0.6) is 0 Å². The number of nitrogens with zero attached hydrogens (tertiary/aromatic N) is 4. The van der Waals surface area contributed by atoms with Gasteiger partial charge < -0.3 is 9.72 Å². The van der Waals surface area contributed by atoms with Crippen LogP contribution < -0.4 is 5.32 Å². The summed E-state index contributed by atoms with van der Waals surface area (Å²) in [5.41, 5.74) is 2.11. The third-order valence-corrected chi connectivity index (χ3v) is 3.54. The number of nitrogens with one attached hydrogen (secondary N) is 1. The van der Waals surface area contributed by atoms with Crippen LogP contribution in [0.3, 0.4) is 0 Å². The molecule has 102 valence electrons. The molecular formula is C14H14BrN5. The van der Waals surface area contributed by atoms with Gasteiger partial charge in [-0.25, -0.2) is 15.0 Å². The molecule has 1 atom stereocenters. The lowest BCUT2D eigenvalue weighted by Gasteiger charge is -2.13. The van der Waals surface area contributed by atoms with E-state index in [0.29, 0.717) is 0 Å². The molecule has 0 saturated heterocycles. The summed E-state index contributed by atoms with van der Waals surface area (Å²) in [5, 5.41) is 3.43. The lowest BCUT2D eigenvalue weighted by atomic mass is 10.2. The lowest BCUT2D eigenvalue weighted by molar-refractivity contribution is 0.538. The van der Waals surface area contributed by atoms with E-state index in [2.05, 4.69) is 53.6 Å². The molecule has 6 heteroatoms. The van der Waals surface area contributed by atoms with Crippen LogP contribution in [0.15, 0.2) is 47.5 Å². The first-order chi connectivity index (χ1) is 9.74. The average molecular weight is 332 g/mol. The van der Waals surface area contributed by atoms with Gasteiger partial charge in [0.1, 0.15) is 11.5 Å². The smallest absolute Gasteiger partial charge is 0.144 e. The van der Waals surface area contributed by atoms with Crippen LogP contribution in [0.1, 0.15) is 24.5 Å². The number of fused-ring (bicyclic) bond motifs is 1. The second-order valence-corrected chi connectivity index (χ2v) is 5.45. The van der Waals surface area contributed by atoms with Crippen molar-refractivity contribution < 1.29 is 0 Å². The van der Waals surface area contributed by atoms with Crippen LogP contribution in [0.4, 0.5) is 0 Å². The molecule has 3 heterocycles. The minimum Gasteiger partial charge on any atom is -0.303 e. The van der Waals surface area contributed by atoms with Crippen LogP contribution in [-0.4, -0.2) is 19.4 Å². The van der Waals surface area contributed by atoms with Gasteiger partial charge in [0.05, 0.1) is 10.5 Å². The maximum absolute atomic E-state index is 4.30. The Labute approximate surface area is 125 Å². The van der Waals surface area contributed by atoms with E-state index in [0.717, 1.165) is 28.2 Å². The molecule has 1 unspecified atom stereocenters. The summed E-state index contributed by atoms with van der Waals surface area (Å²) in [7, 11) is 0. The Morgan fingerprint density at radius 3 is 2.85 bits per heavy atom. The molecule has 5 nitrogen and oxygen atoms in total. The Bertz CT molecular complexity index is 707. The first-order valence-electron chi connectivity index (χ1n) is 6.36. The standard InChI is InChI=1S/C14H14BrN5/c1-10(14-18-7-11(15)8-19-14)17-9-12-3-2-4-13-16-5-6-20(12)13/h2-8,10,17H,9H2,1H3. The lowest BCUT2D eigenvalue weighted by Crippen LogP contribution is -2.21. The summed E-state index contributed by atoms with van der Waals surface area (Å²) in [6.07, 6.45) is 7.29. The second kappa shape index (κ2) is 5.68. The molecule has 20 heavy (non-hydrogen) atoms. The van der Waals surface area contributed by atoms with E-state index in [9.17, 15) is 0 Å². The van der Waals surface area contributed by atoms with Crippen molar-refractivity contribution in [3.05, 3.63) is 59.0 Å². The van der Waals surface area contributed by atoms with Crippen LogP contribution >= 0.6 is 15.9 Å². The van der Waals surface area contributed by atoms with Crippen molar-refractivity contribution in [1.29, 1.82) is 0 Å². The molecule has 0 bridgehead atoms. The minimum atomic E-state index is 0.0851. The minimum absolute atomic E-state index is 0.0851. The van der Waals surface area contributed by atoms with E-state index in [-0.39, 0.29) is 6.04 Å². The molecule has 0 fully saturated rings. The summed E-state index contributed by atoms with van der Waals surface area (Å²) in [4.78, 5) is 12.9. The molecule has 0 aliphatic heterocycles. The molecule has 0 radical (unpaired) electrons. The quantitative estimate of drug-likeness (QED) is 0.798.